The minimum Gasteiger partial charge on any atom is -0.497 e. The van der Waals surface area contributed by atoms with E-state index < -0.39 is 16.1 Å². The summed E-state index contributed by atoms with van der Waals surface area (Å²) in [7, 11) is -0.622. The molecular formula is C22H30N2O5S. The Kier molecular flexibility index (Phi) is 8.11. The maximum atomic E-state index is 12.7. The van der Waals surface area contributed by atoms with Gasteiger partial charge >= 0.3 is 0 Å². The van der Waals surface area contributed by atoms with Crippen molar-refractivity contribution in [2.75, 3.05) is 31.3 Å². The van der Waals surface area contributed by atoms with Crippen molar-refractivity contribution in [1.82, 2.24) is 5.32 Å². The molecule has 8 heteroatoms. The molecule has 7 nitrogen and oxygen atoms in total. The van der Waals surface area contributed by atoms with Crippen LogP contribution in [0, 0.1) is 6.92 Å². The number of anilines is 1. The van der Waals surface area contributed by atoms with Crippen molar-refractivity contribution in [2.24, 2.45) is 0 Å². The molecule has 0 fully saturated rings. The topological polar surface area (TPSA) is 84.9 Å². The molecule has 0 saturated carbocycles. The fraction of sp³-hybridized carbons (Fsp3) is 0.409. The van der Waals surface area contributed by atoms with Gasteiger partial charge in [0.15, 0.2) is 0 Å². The zero-order valence-corrected chi connectivity index (χ0v) is 19.0. The molecule has 164 valence electrons. The molecule has 1 N–H and O–H groups in total. The summed E-state index contributed by atoms with van der Waals surface area (Å²) in [5.41, 5.74) is 2.32. The van der Waals surface area contributed by atoms with Crippen molar-refractivity contribution in [2.45, 2.75) is 32.7 Å². The quantitative estimate of drug-likeness (QED) is 0.581. The highest BCUT2D eigenvalue weighted by Gasteiger charge is 2.31. The lowest BCUT2D eigenvalue weighted by Gasteiger charge is -2.29. The fourth-order valence-electron chi connectivity index (χ4n) is 3.23. The lowest BCUT2D eigenvalue weighted by molar-refractivity contribution is -0.121. The Morgan fingerprint density at radius 2 is 1.87 bits per heavy atom. The second-order valence-corrected chi connectivity index (χ2v) is 9.02. The van der Waals surface area contributed by atoms with E-state index in [4.69, 9.17) is 9.47 Å². The van der Waals surface area contributed by atoms with E-state index in [-0.39, 0.29) is 5.91 Å². The van der Waals surface area contributed by atoms with E-state index in [2.05, 4.69) is 5.32 Å². The van der Waals surface area contributed by atoms with Gasteiger partial charge in [-0.05, 0) is 62.1 Å². The van der Waals surface area contributed by atoms with Crippen molar-refractivity contribution in [3.05, 3.63) is 53.6 Å². The summed E-state index contributed by atoms with van der Waals surface area (Å²) in [5, 5.41) is 2.84. The molecule has 0 bridgehead atoms. The summed E-state index contributed by atoms with van der Waals surface area (Å²) in [4.78, 5) is 12.7. The van der Waals surface area contributed by atoms with Gasteiger partial charge in [0.05, 0.1) is 26.2 Å². The lowest BCUT2D eigenvalue weighted by Crippen LogP contribution is -2.48. The number of hydrogen-bond donors (Lipinski definition) is 1. The molecule has 0 radical (unpaired) electrons. The van der Waals surface area contributed by atoms with Gasteiger partial charge in [-0.25, -0.2) is 8.42 Å². The average Bonchev–Trinajstić information content (AvgIpc) is 2.70. The van der Waals surface area contributed by atoms with E-state index in [1.54, 1.807) is 26.2 Å². The first-order valence-electron chi connectivity index (χ1n) is 9.72. The smallest absolute Gasteiger partial charge is 0.243 e. The molecule has 1 unspecified atom stereocenters. The summed E-state index contributed by atoms with van der Waals surface area (Å²) in [6, 6.07) is 12.1. The number of aryl methyl sites for hydroxylation is 2. The lowest BCUT2D eigenvalue weighted by atomic mass is 10.1. The van der Waals surface area contributed by atoms with Crippen molar-refractivity contribution >= 4 is 21.6 Å². The van der Waals surface area contributed by atoms with Gasteiger partial charge in [-0.15, -0.1) is 0 Å². The minimum atomic E-state index is -3.71. The predicted molar refractivity (Wildman–Crippen MR) is 119 cm³/mol. The molecule has 0 aliphatic rings. The SMILES string of the molecule is COc1cccc(CCCNC(=O)C(C)N(c2cc(C)ccc2OC)S(C)(=O)=O)c1. The van der Waals surface area contributed by atoms with Gasteiger partial charge < -0.3 is 14.8 Å². The van der Waals surface area contributed by atoms with Crippen molar-refractivity contribution in [3.8, 4) is 11.5 Å². The summed E-state index contributed by atoms with van der Waals surface area (Å²) in [5.74, 6) is 0.819. The van der Waals surface area contributed by atoms with Crippen molar-refractivity contribution in [3.63, 3.8) is 0 Å². The zero-order valence-electron chi connectivity index (χ0n) is 18.1. The Labute approximate surface area is 179 Å². The Hall–Kier alpha value is -2.74. The van der Waals surface area contributed by atoms with Crippen LogP contribution in [0.4, 0.5) is 5.69 Å². The monoisotopic (exact) mass is 434 g/mol. The van der Waals surface area contributed by atoms with E-state index in [1.807, 2.05) is 37.3 Å². The van der Waals surface area contributed by atoms with Gasteiger partial charge in [-0.3, -0.25) is 9.10 Å². The van der Waals surface area contributed by atoms with Gasteiger partial charge in [-0.1, -0.05) is 18.2 Å². The molecule has 0 aromatic heterocycles. The first-order chi connectivity index (χ1) is 14.2. The number of carbonyl (C=O) groups excluding carboxylic acids is 1. The average molecular weight is 435 g/mol. The summed E-state index contributed by atoms with van der Waals surface area (Å²) in [6.07, 6.45) is 2.58. The number of benzene rings is 2. The Morgan fingerprint density at radius 1 is 1.13 bits per heavy atom. The van der Waals surface area contributed by atoms with Crippen LogP contribution in [0.5, 0.6) is 11.5 Å². The molecule has 0 saturated heterocycles. The first kappa shape index (κ1) is 23.5. The minimum absolute atomic E-state index is 0.346. The number of rotatable bonds is 10. The molecule has 1 atom stereocenters. The van der Waals surface area contributed by atoms with Crippen LogP contribution < -0.4 is 19.1 Å². The third-order valence-corrected chi connectivity index (χ3v) is 5.96. The second kappa shape index (κ2) is 10.3. The number of sulfonamides is 1. The number of amides is 1. The van der Waals surface area contributed by atoms with E-state index >= 15 is 0 Å². The number of nitrogens with zero attached hydrogens (tertiary/aromatic N) is 1. The first-order valence-corrected chi connectivity index (χ1v) is 11.6. The second-order valence-electron chi connectivity index (χ2n) is 7.16. The van der Waals surface area contributed by atoms with Crippen LogP contribution in [0.25, 0.3) is 0 Å². The summed E-state index contributed by atoms with van der Waals surface area (Å²) < 4.78 is 36.7. The highest BCUT2D eigenvalue weighted by molar-refractivity contribution is 7.92. The van der Waals surface area contributed by atoms with E-state index in [9.17, 15) is 13.2 Å². The molecule has 0 spiro atoms. The van der Waals surface area contributed by atoms with Crippen LogP contribution in [0.1, 0.15) is 24.5 Å². The Balaban J connectivity index is 2.07. The highest BCUT2D eigenvalue weighted by atomic mass is 32.2. The van der Waals surface area contributed by atoms with Crippen molar-refractivity contribution < 1.29 is 22.7 Å². The van der Waals surface area contributed by atoms with E-state index in [0.717, 1.165) is 40.3 Å². The number of nitrogens with one attached hydrogen (secondary N) is 1. The highest BCUT2D eigenvalue weighted by Crippen LogP contribution is 2.32. The maximum absolute atomic E-state index is 12.7. The molecule has 0 aliphatic heterocycles. The molecule has 2 aromatic rings. The Bertz CT molecular complexity index is 975. The van der Waals surface area contributed by atoms with Crippen LogP contribution >= 0.6 is 0 Å². The van der Waals surface area contributed by atoms with Crippen LogP contribution in [-0.2, 0) is 21.2 Å². The molecule has 2 aromatic carbocycles. The van der Waals surface area contributed by atoms with Crippen LogP contribution in [0.2, 0.25) is 0 Å². The third kappa shape index (κ3) is 6.13. The molecule has 0 heterocycles. The Morgan fingerprint density at radius 3 is 2.50 bits per heavy atom. The number of carbonyl (C=O) groups is 1. The number of hydrogen-bond acceptors (Lipinski definition) is 5. The standard InChI is InChI=1S/C22H30N2O5S/c1-16-11-12-21(29-4)20(14-16)24(30(5,26)27)17(2)22(25)23-13-7-9-18-8-6-10-19(15-18)28-3/h6,8,10-12,14-15,17H,7,9,13H2,1-5H3,(H,23,25). The van der Waals surface area contributed by atoms with Gasteiger partial charge in [0.25, 0.3) is 0 Å². The largest absolute Gasteiger partial charge is 0.497 e. The number of methoxy groups -OCH3 is 2. The van der Waals surface area contributed by atoms with Gasteiger partial charge in [-0.2, -0.15) is 0 Å². The van der Waals surface area contributed by atoms with Gasteiger partial charge in [0, 0.05) is 6.54 Å². The van der Waals surface area contributed by atoms with Gasteiger partial charge in [0.1, 0.15) is 17.5 Å². The zero-order chi connectivity index (χ0) is 22.3. The third-order valence-electron chi connectivity index (χ3n) is 4.74. The molecule has 0 aliphatic carbocycles. The predicted octanol–water partition coefficient (Wildman–Crippen LogP) is 2.92. The fourth-order valence-corrected chi connectivity index (χ4v) is 4.40. The van der Waals surface area contributed by atoms with Crippen LogP contribution in [-0.4, -0.2) is 47.4 Å². The van der Waals surface area contributed by atoms with Crippen LogP contribution in [0.15, 0.2) is 42.5 Å². The van der Waals surface area contributed by atoms with E-state index in [0.29, 0.717) is 18.0 Å². The van der Waals surface area contributed by atoms with Crippen molar-refractivity contribution in [1.29, 1.82) is 0 Å². The molecule has 2 rings (SSSR count). The molecule has 30 heavy (non-hydrogen) atoms. The normalized spacial score (nSPS) is 12.2. The maximum Gasteiger partial charge on any atom is 0.243 e. The summed E-state index contributed by atoms with van der Waals surface area (Å²) in [6.45, 7) is 3.86. The van der Waals surface area contributed by atoms with E-state index in [1.165, 1.54) is 7.11 Å². The number of ether oxygens (including phenoxy) is 2. The summed E-state index contributed by atoms with van der Waals surface area (Å²) >= 11 is 0. The molecular weight excluding hydrogens is 404 g/mol. The molecule has 1 amide bonds. The van der Waals surface area contributed by atoms with Gasteiger partial charge in [0.2, 0.25) is 15.9 Å². The van der Waals surface area contributed by atoms with Crippen LogP contribution in [0.3, 0.4) is 0 Å².